The van der Waals surface area contributed by atoms with Crippen LogP contribution in [0.25, 0.3) is 0 Å². The molecule has 0 aliphatic carbocycles. The molecule has 1 aromatic carbocycles. The first-order valence-electron chi connectivity index (χ1n) is 4.32. The highest BCUT2D eigenvalue weighted by molar-refractivity contribution is 9.11. The molecular formula is C9H9BrCl2N2O2S. The van der Waals surface area contributed by atoms with Crippen molar-refractivity contribution in [2.45, 2.75) is 4.90 Å². The van der Waals surface area contributed by atoms with E-state index in [1.807, 2.05) is 0 Å². The van der Waals surface area contributed by atoms with Crippen molar-refractivity contribution < 1.29 is 8.42 Å². The number of nitrogens with one attached hydrogen (secondary N) is 1. The minimum absolute atomic E-state index is 0.0360. The van der Waals surface area contributed by atoms with Crippen LogP contribution in [-0.4, -0.2) is 15.0 Å². The largest absolute Gasteiger partial charge is 0.396 e. The summed E-state index contributed by atoms with van der Waals surface area (Å²) in [5.41, 5.74) is 5.59. The van der Waals surface area contributed by atoms with Gasteiger partial charge in [0.2, 0.25) is 10.0 Å². The van der Waals surface area contributed by atoms with Crippen LogP contribution in [-0.2, 0) is 10.0 Å². The van der Waals surface area contributed by atoms with Crippen LogP contribution >= 0.6 is 39.1 Å². The Kier molecular flexibility index (Phi) is 4.86. The molecule has 0 amide bonds. The summed E-state index contributed by atoms with van der Waals surface area (Å²) in [5.74, 6) is 0. The lowest BCUT2D eigenvalue weighted by Gasteiger charge is -2.10. The van der Waals surface area contributed by atoms with Gasteiger partial charge in [0.05, 0.1) is 15.7 Å². The lowest BCUT2D eigenvalue weighted by Crippen LogP contribution is -2.25. The molecule has 3 N–H and O–H groups in total. The van der Waals surface area contributed by atoms with Gasteiger partial charge in [-0.3, -0.25) is 0 Å². The van der Waals surface area contributed by atoms with Crippen LogP contribution in [0.15, 0.2) is 28.1 Å². The van der Waals surface area contributed by atoms with Crippen LogP contribution in [0, 0.1) is 0 Å². The molecule has 0 spiro atoms. The first-order chi connectivity index (χ1) is 7.75. The van der Waals surface area contributed by atoms with Gasteiger partial charge < -0.3 is 5.73 Å². The Morgan fingerprint density at radius 3 is 2.59 bits per heavy atom. The summed E-state index contributed by atoms with van der Waals surface area (Å²) in [6.07, 6.45) is 0. The quantitative estimate of drug-likeness (QED) is 0.812. The molecule has 94 valence electrons. The summed E-state index contributed by atoms with van der Waals surface area (Å²) >= 11 is 14.6. The summed E-state index contributed by atoms with van der Waals surface area (Å²) < 4.78 is 26.5. The van der Waals surface area contributed by atoms with Gasteiger partial charge in [-0.15, -0.1) is 0 Å². The third-order valence-electron chi connectivity index (χ3n) is 1.83. The number of benzene rings is 1. The van der Waals surface area contributed by atoms with Crippen molar-refractivity contribution in [2.24, 2.45) is 0 Å². The fourth-order valence-electron chi connectivity index (χ4n) is 1.01. The summed E-state index contributed by atoms with van der Waals surface area (Å²) in [6, 6.07) is 2.67. The number of halogens is 3. The molecule has 0 unspecified atom stereocenters. The smallest absolute Gasteiger partial charge is 0.242 e. The van der Waals surface area contributed by atoms with Crippen molar-refractivity contribution in [3.8, 4) is 0 Å². The number of rotatable bonds is 4. The lowest BCUT2D eigenvalue weighted by atomic mass is 10.3. The fraction of sp³-hybridized carbons (Fsp3) is 0.111. The molecule has 1 rings (SSSR count). The van der Waals surface area contributed by atoms with Gasteiger partial charge >= 0.3 is 0 Å². The highest BCUT2D eigenvalue weighted by Gasteiger charge is 2.20. The average Bonchev–Trinajstić information content (AvgIpc) is 2.23. The molecular weight excluding hydrogens is 351 g/mol. The number of anilines is 1. The van der Waals surface area contributed by atoms with Crippen LogP contribution in [0.4, 0.5) is 5.69 Å². The van der Waals surface area contributed by atoms with Gasteiger partial charge in [-0.1, -0.05) is 45.7 Å². The highest BCUT2D eigenvalue weighted by atomic mass is 79.9. The standard InChI is InChI=1S/C9H9BrCl2N2O2S/c1-5(10)4-14-17(15,16)7-3-2-6(11)9(13)8(7)12/h2-3,14H,1,4,13H2. The Morgan fingerprint density at radius 2 is 2.06 bits per heavy atom. The Morgan fingerprint density at radius 1 is 1.47 bits per heavy atom. The van der Waals surface area contributed by atoms with Crippen LogP contribution in [0.3, 0.4) is 0 Å². The fourth-order valence-corrected chi connectivity index (χ4v) is 3.12. The summed E-state index contributed by atoms with van der Waals surface area (Å²) in [5, 5.41) is 0.115. The Balaban J connectivity index is 3.16. The topological polar surface area (TPSA) is 72.2 Å². The third kappa shape index (κ3) is 3.59. The van der Waals surface area contributed by atoms with Gasteiger partial charge in [0.15, 0.2) is 0 Å². The Bertz CT molecular complexity index is 560. The van der Waals surface area contributed by atoms with Crippen molar-refractivity contribution >= 4 is 54.8 Å². The Hall–Kier alpha value is -0.270. The first-order valence-corrected chi connectivity index (χ1v) is 7.35. The molecule has 17 heavy (non-hydrogen) atoms. The van der Waals surface area contributed by atoms with Crippen LogP contribution < -0.4 is 10.5 Å². The van der Waals surface area contributed by atoms with E-state index >= 15 is 0 Å². The number of hydrogen-bond donors (Lipinski definition) is 2. The number of nitrogen functional groups attached to an aromatic ring is 1. The molecule has 0 saturated heterocycles. The summed E-state index contributed by atoms with van der Waals surface area (Å²) in [6.45, 7) is 3.57. The maximum absolute atomic E-state index is 11.9. The molecule has 0 saturated carbocycles. The molecule has 1 aromatic rings. The van der Waals surface area contributed by atoms with E-state index in [-0.39, 0.29) is 27.2 Å². The maximum Gasteiger partial charge on any atom is 0.242 e. The molecule has 0 heterocycles. The molecule has 0 aromatic heterocycles. The highest BCUT2D eigenvalue weighted by Crippen LogP contribution is 2.32. The summed E-state index contributed by atoms with van der Waals surface area (Å²) in [4.78, 5) is -0.116. The average molecular weight is 360 g/mol. The van der Waals surface area contributed by atoms with E-state index in [1.54, 1.807) is 0 Å². The van der Waals surface area contributed by atoms with Gasteiger partial charge in [0, 0.05) is 11.0 Å². The second-order valence-electron chi connectivity index (χ2n) is 3.11. The molecule has 8 heteroatoms. The van der Waals surface area contributed by atoms with Gasteiger partial charge in [0.25, 0.3) is 0 Å². The van der Waals surface area contributed by atoms with Crippen LogP contribution in [0.2, 0.25) is 10.0 Å². The van der Waals surface area contributed by atoms with Crippen molar-refractivity contribution in [3.63, 3.8) is 0 Å². The monoisotopic (exact) mass is 358 g/mol. The van der Waals surface area contributed by atoms with E-state index in [2.05, 4.69) is 27.2 Å². The second-order valence-corrected chi connectivity index (χ2v) is 6.76. The van der Waals surface area contributed by atoms with Crippen molar-refractivity contribution in [3.05, 3.63) is 33.2 Å². The molecule has 0 atom stereocenters. The van der Waals surface area contributed by atoms with E-state index in [9.17, 15) is 8.42 Å². The third-order valence-corrected chi connectivity index (χ3v) is 4.41. The predicted octanol–water partition coefficient (Wildman–Crippen LogP) is 2.76. The lowest BCUT2D eigenvalue weighted by molar-refractivity contribution is 0.585. The minimum Gasteiger partial charge on any atom is -0.396 e. The molecule has 0 bridgehead atoms. The minimum atomic E-state index is -3.74. The van der Waals surface area contributed by atoms with E-state index in [0.29, 0.717) is 4.48 Å². The number of sulfonamides is 1. The SMILES string of the molecule is C=C(Br)CNS(=O)(=O)c1ccc(Cl)c(N)c1Cl. The zero-order valence-electron chi connectivity index (χ0n) is 8.50. The molecule has 0 fully saturated rings. The second kappa shape index (κ2) is 5.58. The predicted molar refractivity (Wildman–Crippen MR) is 74.1 cm³/mol. The number of hydrogen-bond acceptors (Lipinski definition) is 3. The van der Waals surface area contributed by atoms with Crippen LogP contribution in [0.1, 0.15) is 0 Å². The summed E-state index contributed by atoms with van der Waals surface area (Å²) in [7, 11) is -3.74. The molecule has 0 aliphatic heterocycles. The van der Waals surface area contributed by atoms with E-state index in [0.717, 1.165) is 0 Å². The first kappa shape index (κ1) is 14.8. The normalized spacial score (nSPS) is 11.5. The zero-order valence-corrected chi connectivity index (χ0v) is 12.4. The van der Waals surface area contributed by atoms with Gasteiger partial charge in [0.1, 0.15) is 4.90 Å². The van der Waals surface area contributed by atoms with Gasteiger partial charge in [-0.25, -0.2) is 13.1 Å². The van der Waals surface area contributed by atoms with Gasteiger partial charge in [-0.05, 0) is 12.1 Å². The van der Waals surface area contributed by atoms with Crippen molar-refractivity contribution in [2.75, 3.05) is 12.3 Å². The van der Waals surface area contributed by atoms with Gasteiger partial charge in [-0.2, -0.15) is 0 Å². The van der Waals surface area contributed by atoms with E-state index < -0.39 is 10.0 Å². The number of nitrogens with two attached hydrogens (primary N) is 1. The van der Waals surface area contributed by atoms with Crippen molar-refractivity contribution in [1.82, 2.24) is 4.72 Å². The molecule has 4 nitrogen and oxygen atoms in total. The van der Waals surface area contributed by atoms with E-state index in [4.69, 9.17) is 28.9 Å². The Labute approximate surface area is 118 Å². The maximum atomic E-state index is 11.9. The molecule has 0 radical (unpaired) electrons. The molecule has 0 aliphatic rings. The van der Waals surface area contributed by atoms with Crippen molar-refractivity contribution in [1.29, 1.82) is 0 Å². The van der Waals surface area contributed by atoms with E-state index in [1.165, 1.54) is 12.1 Å². The van der Waals surface area contributed by atoms with Crippen LogP contribution in [0.5, 0.6) is 0 Å². The zero-order chi connectivity index (χ0) is 13.2.